The zero-order chi connectivity index (χ0) is 9.76. The first-order valence-electron chi connectivity index (χ1n) is 5.73. The van der Waals surface area contributed by atoms with Crippen molar-refractivity contribution in [2.45, 2.75) is 62.3 Å². The molecule has 0 N–H and O–H groups in total. The molecular weight excluding hydrogens is 198 g/mol. The zero-order valence-electron chi connectivity index (χ0n) is 8.35. The molecule has 3 atom stereocenters. The first-order valence-corrected chi connectivity index (χ1v) is 7.24. The van der Waals surface area contributed by atoms with E-state index in [1.54, 1.807) is 0 Å². The Labute approximate surface area is 85.5 Å². The fourth-order valence-corrected chi connectivity index (χ4v) is 5.69. The molecule has 0 radical (unpaired) electrons. The van der Waals surface area contributed by atoms with Crippen LogP contribution < -0.4 is 0 Å². The van der Waals surface area contributed by atoms with Gasteiger partial charge < -0.3 is 0 Å². The van der Waals surface area contributed by atoms with Gasteiger partial charge in [0.25, 0.3) is 0 Å². The highest BCUT2D eigenvalue weighted by atomic mass is 32.2. The SMILES string of the molecule is O=S(=O)(C1CCCC1)N1[C@@H]2CCC[C@@H]21. The van der Waals surface area contributed by atoms with Crippen molar-refractivity contribution in [2.24, 2.45) is 0 Å². The van der Waals surface area contributed by atoms with E-state index in [4.69, 9.17) is 0 Å². The van der Waals surface area contributed by atoms with E-state index in [2.05, 4.69) is 0 Å². The second-order valence-electron chi connectivity index (χ2n) is 4.85. The van der Waals surface area contributed by atoms with Gasteiger partial charge in [0, 0.05) is 12.1 Å². The van der Waals surface area contributed by atoms with Gasteiger partial charge in [-0.05, 0) is 25.7 Å². The van der Waals surface area contributed by atoms with Gasteiger partial charge in [-0.15, -0.1) is 0 Å². The molecule has 4 heteroatoms. The summed E-state index contributed by atoms with van der Waals surface area (Å²) < 4.78 is 26.1. The highest BCUT2D eigenvalue weighted by Crippen LogP contribution is 2.47. The van der Waals surface area contributed by atoms with Crippen LogP contribution in [-0.2, 0) is 10.0 Å². The molecule has 1 unspecified atom stereocenters. The maximum absolute atomic E-state index is 12.1. The van der Waals surface area contributed by atoms with E-state index >= 15 is 0 Å². The Morgan fingerprint density at radius 1 is 0.857 bits per heavy atom. The van der Waals surface area contributed by atoms with Crippen LogP contribution in [0.4, 0.5) is 0 Å². The summed E-state index contributed by atoms with van der Waals surface area (Å²) in [6.45, 7) is 0. The van der Waals surface area contributed by atoms with E-state index in [1.807, 2.05) is 4.31 Å². The zero-order valence-corrected chi connectivity index (χ0v) is 9.17. The smallest absolute Gasteiger partial charge is 0.212 e. The van der Waals surface area contributed by atoms with Gasteiger partial charge in [-0.3, -0.25) is 0 Å². The van der Waals surface area contributed by atoms with Crippen LogP contribution >= 0.6 is 0 Å². The van der Waals surface area contributed by atoms with Crippen LogP contribution in [0.2, 0.25) is 0 Å². The molecule has 0 aromatic carbocycles. The summed E-state index contributed by atoms with van der Waals surface area (Å²) in [5.41, 5.74) is 0. The summed E-state index contributed by atoms with van der Waals surface area (Å²) in [5, 5.41) is -0.0342. The summed E-state index contributed by atoms with van der Waals surface area (Å²) in [6, 6.07) is 0.807. The first-order chi connectivity index (χ1) is 6.71. The summed E-state index contributed by atoms with van der Waals surface area (Å²) in [6.07, 6.45) is 7.45. The predicted molar refractivity (Wildman–Crippen MR) is 54.4 cm³/mol. The molecule has 3 aliphatic rings. The Balaban J connectivity index is 1.77. The molecule has 14 heavy (non-hydrogen) atoms. The number of fused-ring (bicyclic) bond motifs is 1. The Morgan fingerprint density at radius 2 is 1.43 bits per heavy atom. The van der Waals surface area contributed by atoms with Crippen molar-refractivity contribution >= 4 is 10.0 Å². The molecule has 3 nitrogen and oxygen atoms in total. The van der Waals surface area contributed by atoms with Crippen LogP contribution in [0, 0.1) is 0 Å². The molecule has 80 valence electrons. The minimum Gasteiger partial charge on any atom is -0.212 e. The third kappa shape index (κ3) is 1.16. The highest BCUT2D eigenvalue weighted by Gasteiger charge is 2.58. The van der Waals surface area contributed by atoms with Crippen molar-refractivity contribution in [3.05, 3.63) is 0 Å². The second-order valence-corrected chi connectivity index (χ2v) is 6.97. The van der Waals surface area contributed by atoms with Crippen molar-refractivity contribution < 1.29 is 8.42 Å². The van der Waals surface area contributed by atoms with Gasteiger partial charge in [-0.1, -0.05) is 19.3 Å². The predicted octanol–water partition coefficient (Wildman–Crippen LogP) is 1.50. The number of piperidine rings is 1. The van der Waals surface area contributed by atoms with Gasteiger partial charge >= 0.3 is 0 Å². The molecule has 2 aliphatic carbocycles. The quantitative estimate of drug-likeness (QED) is 0.654. The molecule has 1 aliphatic heterocycles. The van der Waals surface area contributed by atoms with Crippen molar-refractivity contribution in [3.8, 4) is 0 Å². The number of sulfonamides is 1. The van der Waals surface area contributed by atoms with Gasteiger partial charge in [-0.2, -0.15) is 4.31 Å². The van der Waals surface area contributed by atoms with Crippen molar-refractivity contribution in [1.29, 1.82) is 0 Å². The molecule has 0 aromatic heterocycles. The topological polar surface area (TPSA) is 37.1 Å². The fraction of sp³-hybridized carbons (Fsp3) is 1.00. The molecule has 2 saturated carbocycles. The van der Waals surface area contributed by atoms with Crippen LogP contribution in [-0.4, -0.2) is 30.1 Å². The summed E-state index contributed by atoms with van der Waals surface area (Å²) >= 11 is 0. The Kier molecular flexibility index (Phi) is 1.93. The minimum atomic E-state index is -2.89. The lowest BCUT2D eigenvalue weighted by Gasteiger charge is -2.14. The number of hydrogen-bond acceptors (Lipinski definition) is 2. The summed E-state index contributed by atoms with van der Waals surface area (Å²) in [4.78, 5) is 0. The normalized spacial score (nSPS) is 42.7. The van der Waals surface area contributed by atoms with Crippen LogP contribution in [0.5, 0.6) is 0 Å². The van der Waals surface area contributed by atoms with E-state index in [0.29, 0.717) is 12.1 Å². The van der Waals surface area contributed by atoms with Crippen LogP contribution in [0.25, 0.3) is 0 Å². The molecular formula is C10H17NO2S. The molecule has 1 heterocycles. The summed E-state index contributed by atoms with van der Waals surface area (Å²) in [7, 11) is -2.89. The largest absolute Gasteiger partial charge is 0.217 e. The number of hydrogen-bond donors (Lipinski definition) is 0. The van der Waals surface area contributed by atoms with E-state index in [0.717, 1.165) is 38.5 Å². The number of rotatable bonds is 2. The molecule has 0 spiro atoms. The lowest BCUT2D eigenvalue weighted by Crippen LogP contribution is -2.28. The van der Waals surface area contributed by atoms with Crippen LogP contribution in [0.15, 0.2) is 0 Å². The standard InChI is InChI=1S/C10H17NO2S/c12-14(13,8-4-1-2-5-8)11-9-6-3-7-10(9)11/h8-10H,1-7H2/t9-,10+,11?. The van der Waals surface area contributed by atoms with Gasteiger partial charge in [0.15, 0.2) is 0 Å². The molecule has 0 amide bonds. The van der Waals surface area contributed by atoms with Crippen LogP contribution in [0.3, 0.4) is 0 Å². The molecule has 1 saturated heterocycles. The number of nitrogens with zero attached hydrogens (tertiary/aromatic N) is 1. The third-order valence-corrected chi connectivity index (χ3v) is 6.47. The third-order valence-electron chi connectivity index (χ3n) is 4.03. The maximum Gasteiger partial charge on any atom is 0.217 e. The maximum atomic E-state index is 12.1. The fourth-order valence-electron chi connectivity index (χ4n) is 3.22. The lowest BCUT2D eigenvalue weighted by molar-refractivity contribution is 0.503. The Bertz CT molecular complexity index is 322. The van der Waals surface area contributed by atoms with E-state index in [1.165, 1.54) is 6.42 Å². The molecule has 3 rings (SSSR count). The summed E-state index contributed by atoms with van der Waals surface area (Å²) in [5.74, 6) is 0. The second kappa shape index (κ2) is 2.95. The first kappa shape index (κ1) is 9.16. The lowest BCUT2D eigenvalue weighted by atomic mass is 10.3. The van der Waals surface area contributed by atoms with E-state index < -0.39 is 10.0 Å². The van der Waals surface area contributed by atoms with Crippen molar-refractivity contribution in [1.82, 2.24) is 4.31 Å². The Morgan fingerprint density at radius 3 is 2.00 bits per heavy atom. The van der Waals surface area contributed by atoms with Crippen molar-refractivity contribution in [2.75, 3.05) is 0 Å². The van der Waals surface area contributed by atoms with Gasteiger partial charge in [0.2, 0.25) is 10.0 Å². The molecule has 0 aromatic rings. The monoisotopic (exact) mass is 215 g/mol. The average Bonchev–Trinajstić information content (AvgIpc) is 2.66. The van der Waals surface area contributed by atoms with Gasteiger partial charge in [0.05, 0.1) is 5.25 Å². The Hall–Kier alpha value is -0.0900. The van der Waals surface area contributed by atoms with Gasteiger partial charge in [0.1, 0.15) is 0 Å². The van der Waals surface area contributed by atoms with Crippen LogP contribution in [0.1, 0.15) is 44.9 Å². The molecule has 0 bridgehead atoms. The van der Waals surface area contributed by atoms with Gasteiger partial charge in [-0.25, -0.2) is 8.42 Å². The van der Waals surface area contributed by atoms with Crippen molar-refractivity contribution in [3.63, 3.8) is 0 Å². The minimum absolute atomic E-state index is 0.0342. The highest BCUT2D eigenvalue weighted by molar-refractivity contribution is 7.90. The van der Waals surface area contributed by atoms with E-state index in [-0.39, 0.29) is 5.25 Å². The van der Waals surface area contributed by atoms with E-state index in [9.17, 15) is 8.42 Å². The molecule has 3 fully saturated rings. The average molecular weight is 215 g/mol.